The summed E-state index contributed by atoms with van der Waals surface area (Å²) in [5, 5.41) is 2.89. The van der Waals surface area contributed by atoms with Crippen LogP contribution in [0.5, 0.6) is 17.2 Å². The second kappa shape index (κ2) is 9.21. The molecule has 1 N–H and O–H groups in total. The Morgan fingerprint density at radius 1 is 1.08 bits per heavy atom. The second-order valence-electron chi connectivity index (χ2n) is 6.06. The van der Waals surface area contributed by atoms with Crippen LogP contribution in [0.4, 0.5) is 0 Å². The molecule has 0 heterocycles. The fourth-order valence-corrected chi connectivity index (χ4v) is 2.76. The van der Waals surface area contributed by atoms with E-state index in [9.17, 15) is 4.79 Å². The standard InChI is InChI=1S/C21H23NO3S/c1-5-14-21(2,3)22-19(23)20(26-4)25-18-13-9-12-17(15-18)24-16-10-7-6-8-11-16/h6-13,15,20H,1-4H3,(H,22,23). The normalized spacial score (nSPS) is 11.7. The number of para-hydroxylation sites is 1. The number of nitrogens with one attached hydrogen (secondary N) is 1. The quantitative estimate of drug-likeness (QED) is 0.578. The molecule has 0 saturated heterocycles. The number of carbonyl (C=O) groups is 1. The summed E-state index contributed by atoms with van der Waals surface area (Å²) < 4.78 is 11.7. The van der Waals surface area contributed by atoms with E-state index >= 15 is 0 Å². The number of hydrogen-bond acceptors (Lipinski definition) is 4. The first-order valence-corrected chi connectivity index (χ1v) is 9.50. The highest BCUT2D eigenvalue weighted by molar-refractivity contribution is 7.99. The average molecular weight is 369 g/mol. The molecule has 5 heteroatoms. The van der Waals surface area contributed by atoms with Gasteiger partial charge < -0.3 is 14.8 Å². The Morgan fingerprint density at radius 2 is 1.73 bits per heavy atom. The van der Waals surface area contributed by atoms with Gasteiger partial charge >= 0.3 is 0 Å². The first-order chi connectivity index (χ1) is 12.4. The molecule has 0 aliphatic carbocycles. The molecule has 0 aliphatic rings. The van der Waals surface area contributed by atoms with E-state index in [0.29, 0.717) is 11.5 Å². The number of ether oxygens (including phenoxy) is 2. The first-order valence-electron chi connectivity index (χ1n) is 8.22. The third kappa shape index (κ3) is 6.05. The minimum atomic E-state index is -0.681. The lowest BCUT2D eigenvalue weighted by Crippen LogP contribution is -2.47. The molecule has 26 heavy (non-hydrogen) atoms. The molecule has 0 radical (unpaired) electrons. The molecule has 0 bridgehead atoms. The summed E-state index contributed by atoms with van der Waals surface area (Å²) >= 11 is 1.32. The SMILES string of the molecule is CC#CC(C)(C)NC(=O)C(Oc1cccc(Oc2ccccc2)c1)SC. The molecule has 0 saturated carbocycles. The van der Waals surface area contributed by atoms with E-state index in [1.165, 1.54) is 11.8 Å². The van der Waals surface area contributed by atoms with Crippen LogP contribution in [-0.4, -0.2) is 23.1 Å². The summed E-state index contributed by atoms with van der Waals surface area (Å²) in [6, 6.07) is 16.7. The van der Waals surface area contributed by atoms with Crippen LogP contribution in [0.15, 0.2) is 54.6 Å². The van der Waals surface area contributed by atoms with Crippen LogP contribution in [0.3, 0.4) is 0 Å². The molecule has 136 valence electrons. The maximum atomic E-state index is 12.5. The molecule has 0 spiro atoms. The molecule has 1 unspecified atom stereocenters. The van der Waals surface area contributed by atoms with E-state index in [1.54, 1.807) is 19.1 Å². The van der Waals surface area contributed by atoms with Gasteiger partial charge in [0.05, 0.1) is 5.54 Å². The molecule has 0 fully saturated rings. The van der Waals surface area contributed by atoms with Crippen molar-refractivity contribution in [2.45, 2.75) is 31.7 Å². The van der Waals surface area contributed by atoms with Gasteiger partial charge in [-0.05, 0) is 51.3 Å². The zero-order valence-electron chi connectivity index (χ0n) is 15.4. The highest BCUT2D eigenvalue weighted by Gasteiger charge is 2.25. The van der Waals surface area contributed by atoms with E-state index in [2.05, 4.69) is 17.2 Å². The molecule has 2 aromatic rings. The van der Waals surface area contributed by atoms with Gasteiger partial charge in [-0.15, -0.1) is 17.7 Å². The predicted octanol–water partition coefficient (Wildman–Crippen LogP) is 4.46. The summed E-state index contributed by atoms with van der Waals surface area (Å²) in [4.78, 5) is 12.5. The maximum absolute atomic E-state index is 12.5. The van der Waals surface area contributed by atoms with Crippen LogP contribution in [0.25, 0.3) is 0 Å². The summed E-state index contributed by atoms with van der Waals surface area (Å²) in [7, 11) is 0. The molecular formula is C21H23NO3S. The topological polar surface area (TPSA) is 47.6 Å². The molecule has 2 rings (SSSR count). The summed E-state index contributed by atoms with van der Waals surface area (Å²) in [5.74, 6) is 7.51. The molecule has 1 atom stereocenters. The lowest BCUT2D eigenvalue weighted by atomic mass is 10.1. The van der Waals surface area contributed by atoms with Gasteiger partial charge in [0.25, 0.3) is 5.91 Å². The van der Waals surface area contributed by atoms with Gasteiger partial charge in [0.15, 0.2) is 0 Å². The van der Waals surface area contributed by atoms with Gasteiger partial charge in [-0.3, -0.25) is 4.79 Å². The predicted molar refractivity (Wildman–Crippen MR) is 107 cm³/mol. The van der Waals surface area contributed by atoms with Gasteiger partial charge in [-0.1, -0.05) is 30.2 Å². The van der Waals surface area contributed by atoms with Crippen molar-refractivity contribution in [2.75, 3.05) is 6.26 Å². The molecule has 0 aliphatic heterocycles. The Morgan fingerprint density at radius 3 is 2.38 bits per heavy atom. The Kier molecular flexibility index (Phi) is 6.99. The Hall–Kier alpha value is -2.58. The van der Waals surface area contributed by atoms with Gasteiger partial charge in [0.1, 0.15) is 17.2 Å². The Bertz CT molecular complexity index is 794. The van der Waals surface area contributed by atoms with Crippen molar-refractivity contribution in [3.8, 4) is 29.1 Å². The highest BCUT2D eigenvalue weighted by atomic mass is 32.2. The fraction of sp³-hybridized carbons (Fsp3) is 0.286. The van der Waals surface area contributed by atoms with Gasteiger partial charge in [-0.25, -0.2) is 0 Å². The van der Waals surface area contributed by atoms with Crippen LogP contribution in [0.2, 0.25) is 0 Å². The number of hydrogen-bond donors (Lipinski definition) is 1. The van der Waals surface area contributed by atoms with Crippen molar-refractivity contribution in [2.24, 2.45) is 0 Å². The van der Waals surface area contributed by atoms with E-state index in [4.69, 9.17) is 9.47 Å². The first kappa shape index (κ1) is 19.7. The minimum absolute atomic E-state index is 0.223. The number of benzene rings is 2. The average Bonchev–Trinajstić information content (AvgIpc) is 2.60. The third-order valence-electron chi connectivity index (χ3n) is 3.33. The summed E-state index contributed by atoms with van der Waals surface area (Å²) in [5.41, 5.74) is -1.29. The summed E-state index contributed by atoms with van der Waals surface area (Å²) in [6.07, 6.45) is 1.83. The minimum Gasteiger partial charge on any atom is -0.470 e. The van der Waals surface area contributed by atoms with E-state index in [0.717, 1.165) is 5.75 Å². The van der Waals surface area contributed by atoms with Crippen LogP contribution < -0.4 is 14.8 Å². The zero-order chi connectivity index (χ0) is 19.0. The third-order valence-corrected chi connectivity index (χ3v) is 4.07. The van der Waals surface area contributed by atoms with Gasteiger partial charge in [0, 0.05) is 6.07 Å². The summed E-state index contributed by atoms with van der Waals surface area (Å²) in [6.45, 7) is 5.45. The zero-order valence-corrected chi connectivity index (χ0v) is 16.2. The van der Waals surface area contributed by atoms with Crippen molar-refractivity contribution in [3.05, 3.63) is 54.6 Å². The van der Waals surface area contributed by atoms with Crippen molar-refractivity contribution in [1.29, 1.82) is 0 Å². The second-order valence-corrected chi connectivity index (χ2v) is 6.96. The monoisotopic (exact) mass is 369 g/mol. The van der Waals surface area contributed by atoms with Crippen molar-refractivity contribution in [3.63, 3.8) is 0 Å². The largest absolute Gasteiger partial charge is 0.470 e. The lowest BCUT2D eigenvalue weighted by Gasteiger charge is -2.24. The molecule has 0 aromatic heterocycles. The highest BCUT2D eigenvalue weighted by Crippen LogP contribution is 2.26. The smallest absolute Gasteiger partial charge is 0.272 e. The number of amides is 1. The number of carbonyl (C=O) groups excluding carboxylic acids is 1. The molecular weight excluding hydrogens is 346 g/mol. The lowest BCUT2D eigenvalue weighted by molar-refractivity contribution is -0.125. The number of rotatable bonds is 7. The Labute approximate surface area is 159 Å². The van der Waals surface area contributed by atoms with Crippen LogP contribution in [0, 0.1) is 11.8 Å². The van der Waals surface area contributed by atoms with Gasteiger partial charge in [-0.2, -0.15) is 0 Å². The maximum Gasteiger partial charge on any atom is 0.272 e. The molecule has 2 aromatic carbocycles. The Balaban J connectivity index is 2.06. The van der Waals surface area contributed by atoms with Gasteiger partial charge in [0.2, 0.25) is 5.44 Å². The molecule has 4 nitrogen and oxygen atoms in total. The van der Waals surface area contributed by atoms with Crippen molar-refractivity contribution in [1.82, 2.24) is 5.32 Å². The van der Waals surface area contributed by atoms with E-state index in [-0.39, 0.29) is 5.91 Å². The van der Waals surface area contributed by atoms with Crippen molar-refractivity contribution >= 4 is 17.7 Å². The molecule has 1 amide bonds. The van der Waals surface area contributed by atoms with Crippen LogP contribution in [-0.2, 0) is 4.79 Å². The fourth-order valence-electron chi connectivity index (χ4n) is 2.28. The van der Waals surface area contributed by atoms with Crippen LogP contribution in [0.1, 0.15) is 20.8 Å². The van der Waals surface area contributed by atoms with Crippen LogP contribution >= 0.6 is 11.8 Å². The van der Waals surface area contributed by atoms with E-state index in [1.807, 2.05) is 62.6 Å². The number of thioether (sulfide) groups is 1. The van der Waals surface area contributed by atoms with Crippen molar-refractivity contribution < 1.29 is 14.3 Å². The van der Waals surface area contributed by atoms with E-state index < -0.39 is 11.0 Å².